The topological polar surface area (TPSA) is 26.3 Å². The van der Waals surface area contributed by atoms with Gasteiger partial charge in [0, 0.05) is 6.42 Å². The van der Waals surface area contributed by atoms with Crippen molar-refractivity contribution in [1.82, 2.24) is 0 Å². The fourth-order valence-electron chi connectivity index (χ4n) is 0.935. The third-order valence-electron chi connectivity index (χ3n) is 1.65. The molecule has 0 saturated carbocycles. The highest BCUT2D eigenvalue weighted by atomic mass is 35.5. The maximum absolute atomic E-state index is 13.4. The molecule has 2 nitrogen and oxygen atoms in total. The van der Waals surface area contributed by atoms with E-state index in [1.54, 1.807) is 30.3 Å². The summed E-state index contributed by atoms with van der Waals surface area (Å²) in [6.07, 6.45) is 0.930. The van der Waals surface area contributed by atoms with Gasteiger partial charge < -0.3 is 4.74 Å². The van der Waals surface area contributed by atoms with Crippen LogP contribution in [-0.2, 0) is 4.79 Å². The molecule has 0 amide bonds. The van der Waals surface area contributed by atoms with Crippen LogP contribution in [0.25, 0.3) is 0 Å². The lowest BCUT2D eigenvalue weighted by molar-refractivity contribution is -0.142. The highest BCUT2D eigenvalue weighted by Gasteiger charge is 2.37. The zero-order chi connectivity index (χ0) is 11.3. The van der Waals surface area contributed by atoms with Crippen LogP contribution in [0.3, 0.4) is 0 Å². The number of hydrogen-bond donors (Lipinski definition) is 0. The van der Waals surface area contributed by atoms with Gasteiger partial charge in [0.25, 0.3) is 5.13 Å². The van der Waals surface area contributed by atoms with Gasteiger partial charge >= 0.3 is 5.97 Å². The minimum atomic E-state index is -2.54. The van der Waals surface area contributed by atoms with E-state index >= 15 is 0 Å². The number of carbonyl (C=O) groups excluding carboxylic acids is 1. The summed E-state index contributed by atoms with van der Waals surface area (Å²) in [5.41, 5.74) is 0. The summed E-state index contributed by atoms with van der Waals surface area (Å²) in [5.74, 6) is -0.871. The van der Waals surface area contributed by atoms with Gasteiger partial charge in [0.15, 0.2) is 0 Å². The fourth-order valence-corrected chi connectivity index (χ4v) is 1.08. The minimum Gasteiger partial charge on any atom is -0.423 e. The van der Waals surface area contributed by atoms with Gasteiger partial charge in [-0.15, -0.1) is 6.58 Å². The Morgan fingerprint density at radius 3 is 2.67 bits per heavy atom. The van der Waals surface area contributed by atoms with Crippen LogP contribution in [0.15, 0.2) is 43.0 Å². The zero-order valence-electron chi connectivity index (χ0n) is 7.95. The molecule has 1 aromatic carbocycles. The van der Waals surface area contributed by atoms with E-state index in [0.29, 0.717) is 0 Å². The summed E-state index contributed by atoms with van der Waals surface area (Å²) in [6.45, 7) is 3.30. The number of halogens is 2. The third kappa shape index (κ3) is 3.36. The highest BCUT2D eigenvalue weighted by Crippen LogP contribution is 2.25. The number of hydrogen-bond acceptors (Lipinski definition) is 2. The van der Waals surface area contributed by atoms with Crippen molar-refractivity contribution in [3.8, 4) is 5.75 Å². The number of para-hydroxylation sites is 1. The Morgan fingerprint density at radius 2 is 2.13 bits per heavy atom. The van der Waals surface area contributed by atoms with E-state index in [9.17, 15) is 9.18 Å². The van der Waals surface area contributed by atoms with Crippen molar-refractivity contribution in [1.29, 1.82) is 0 Å². The largest absolute Gasteiger partial charge is 0.423 e. The summed E-state index contributed by atoms with van der Waals surface area (Å²) in [4.78, 5) is 11.2. The van der Waals surface area contributed by atoms with Gasteiger partial charge in [-0.25, -0.2) is 9.18 Å². The van der Waals surface area contributed by atoms with Crippen molar-refractivity contribution in [2.75, 3.05) is 0 Å². The molecular formula is C11H10ClFO2. The van der Waals surface area contributed by atoms with Gasteiger partial charge in [-0.1, -0.05) is 35.9 Å². The Bertz CT molecular complexity index is 349. The standard InChI is InChI=1S/C11H10ClFO2/c1-2-8-11(12,13)10(14)15-9-6-4-3-5-7-9/h2-7H,1,8H2. The molecule has 0 aliphatic rings. The normalized spacial score (nSPS) is 14.0. The van der Waals surface area contributed by atoms with Gasteiger partial charge in [0.2, 0.25) is 0 Å². The van der Waals surface area contributed by atoms with Crippen molar-refractivity contribution in [3.05, 3.63) is 43.0 Å². The Kier molecular flexibility index (Phi) is 3.86. The smallest absolute Gasteiger partial charge is 0.365 e. The number of rotatable bonds is 4. The maximum Gasteiger partial charge on any atom is 0.365 e. The van der Waals surface area contributed by atoms with Gasteiger partial charge in [0.05, 0.1) is 0 Å². The first-order chi connectivity index (χ1) is 7.06. The van der Waals surface area contributed by atoms with Crippen LogP contribution in [0, 0.1) is 0 Å². The average molecular weight is 229 g/mol. The SMILES string of the molecule is C=CCC(F)(Cl)C(=O)Oc1ccccc1. The summed E-state index contributed by atoms with van der Waals surface area (Å²) in [6, 6.07) is 8.18. The summed E-state index contributed by atoms with van der Waals surface area (Å²) in [5, 5.41) is -2.54. The van der Waals surface area contributed by atoms with E-state index < -0.39 is 11.1 Å². The number of allylic oxidation sites excluding steroid dienone is 1. The first-order valence-electron chi connectivity index (χ1n) is 4.32. The Labute approximate surface area is 92.3 Å². The molecule has 0 heterocycles. The van der Waals surface area contributed by atoms with Crippen LogP contribution >= 0.6 is 11.6 Å². The molecule has 0 bridgehead atoms. The summed E-state index contributed by atoms with van der Waals surface area (Å²) in [7, 11) is 0. The molecule has 1 aromatic rings. The Balaban J connectivity index is 2.67. The van der Waals surface area contributed by atoms with Gasteiger partial charge in [0.1, 0.15) is 5.75 Å². The Morgan fingerprint density at radius 1 is 1.53 bits per heavy atom. The lowest BCUT2D eigenvalue weighted by Gasteiger charge is -2.13. The molecule has 4 heteroatoms. The van der Waals surface area contributed by atoms with Crippen LogP contribution in [0.2, 0.25) is 0 Å². The zero-order valence-corrected chi connectivity index (χ0v) is 8.71. The number of carbonyl (C=O) groups is 1. The second kappa shape index (κ2) is 4.94. The lowest BCUT2D eigenvalue weighted by atomic mass is 10.2. The van der Waals surface area contributed by atoms with Crippen LogP contribution in [0.1, 0.15) is 6.42 Å². The molecular weight excluding hydrogens is 219 g/mol. The number of alkyl halides is 2. The summed E-state index contributed by atoms with van der Waals surface area (Å²) >= 11 is 5.32. The Hall–Kier alpha value is -1.35. The molecule has 0 aliphatic carbocycles. The maximum atomic E-state index is 13.4. The van der Waals surface area contributed by atoms with E-state index in [1.807, 2.05) is 0 Å². The molecule has 0 fully saturated rings. The quantitative estimate of drug-likeness (QED) is 0.343. The number of esters is 1. The van der Waals surface area contributed by atoms with Crippen LogP contribution in [0.4, 0.5) is 4.39 Å². The fraction of sp³-hybridized carbons (Fsp3) is 0.182. The van der Waals surface area contributed by atoms with E-state index in [-0.39, 0.29) is 12.2 Å². The average Bonchev–Trinajstić information content (AvgIpc) is 2.19. The molecule has 1 unspecified atom stereocenters. The lowest BCUT2D eigenvalue weighted by Crippen LogP contribution is -2.31. The minimum absolute atomic E-state index is 0.259. The number of benzene rings is 1. The van der Waals surface area contributed by atoms with Crippen LogP contribution in [0.5, 0.6) is 5.75 Å². The first-order valence-corrected chi connectivity index (χ1v) is 4.70. The van der Waals surface area contributed by atoms with Crippen molar-refractivity contribution in [2.24, 2.45) is 0 Å². The van der Waals surface area contributed by atoms with E-state index in [1.165, 1.54) is 6.08 Å². The molecule has 0 radical (unpaired) electrons. The predicted molar refractivity (Wildman–Crippen MR) is 56.6 cm³/mol. The molecule has 80 valence electrons. The molecule has 15 heavy (non-hydrogen) atoms. The van der Waals surface area contributed by atoms with Gasteiger partial charge in [-0.3, -0.25) is 0 Å². The van der Waals surface area contributed by atoms with Crippen molar-refractivity contribution < 1.29 is 13.9 Å². The predicted octanol–water partition coefficient (Wildman–Crippen LogP) is 3.07. The van der Waals surface area contributed by atoms with Crippen LogP contribution in [-0.4, -0.2) is 11.1 Å². The molecule has 0 aromatic heterocycles. The first kappa shape index (κ1) is 11.7. The van der Waals surface area contributed by atoms with Crippen molar-refractivity contribution in [3.63, 3.8) is 0 Å². The molecule has 1 atom stereocenters. The van der Waals surface area contributed by atoms with E-state index in [0.717, 1.165) is 0 Å². The molecule has 0 saturated heterocycles. The van der Waals surface area contributed by atoms with Gasteiger partial charge in [-0.2, -0.15) is 0 Å². The van der Waals surface area contributed by atoms with Crippen LogP contribution < -0.4 is 4.74 Å². The summed E-state index contributed by atoms with van der Waals surface area (Å²) < 4.78 is 18.1. The number of ether oxygens (including phenoxy) is 1. The van der Waals surface area contributed by atoms with Gasteiger partial charge in [-0.05, 0) is 12.1 Å². The molecule has 0 aliphatic heterocycles. The second-order valence-corrected chi connectivity index (χ2v) is 3.50. The molecule has 0 spiro atoms. The molecule has 1 rings (SSSR count). The van der Waals surface area contributed by atoms with E-state index in [2.05, 4.69) is 6.58 Å². The van der Waals surface area contributed by atoms with Crippen molar-refractivity contribution in [2.45, 2.75) is 11.5 Å². The van der Waals surface area contributed by atoms with E-state index in [4.69, 9.17) is 16.3 Å². The third-order valence-corrected chi connectivity index (χ3v) is 1.96. The monoisotopic (exact) mass is 228 g/mol. The van der Waals surface area contributed by atoms with Crippen molar-refractivity contribution >= 4 is 17.6 Å². The highest BCUT2D eigenvalue weighted by molar-refractivity contribution is 6.32. The molecule has 0 N–H and O–H groups in total. The second-order valence-electron chi connectivity index (χ2n) is 2.90.